The third-order valence-electron chi connectivity index (χ3n) is 2.93. The van der Waals surface area contributed by atoms with Crippen molar-refractivity contribution in [2.75, 3.05) is 0 Å². The van der Waals surface area contributed by atoms with Crippen LogP contribution in [0.4, 0.5) is 0 Å². The van der Waals surface area contributed by atoms with Gasteiger partial charge < -0.3 is 9.52 Å². The van der Waals surface area contributed by atoms with Crippen molar-refractivity contribution < 1.29 is 17.9 Å². The van der Waals surface area contributed by atoms with E-state index in [4.69, 9.17) is 9.52 Å². The first-order valence-corrected chi connectivity index (χ1v) is 8.95. The smallest absolute Gasteiger partial charge is 0.245 e. The molecule has 0 bridgehead atoms. The minimum Gasteiger partial charge on any atom is -0.450 e. The molecule has 0 aliphatic carbocycles. The van der Waals surface area contributed by atoms with E-state index < -0.39 is 10.0 Å². The molecule has 7 heteroatoms. The van der Waals surface area contributed by atoms with Crippen LogP contribution in [-0.2, 0) is 16.6 Å². The van der Waals surface area contributed by atoms with Crippen molar-refractivity contribution in [3.8, 4) is 0 Å². The number of sulfonamides is 1. The van der Waals surface area contributed by atoms with Crippen LogP contribution < -0.4 is 4.72 Å². The Balaban J connectivity index is 2.66. The fourth-order valence-electron chi connectivity index (χ4n) is 1.88. The molecule has 20 heavy (non-hydrogen) atoms. The quantitative estimate of drug-likeness (QED) is 0.739. The number of aliphatic hydroxyl groups excluding tert-OH is 1. The van der Waals surface area contributed by atoms with E-state index in [0.29, 0.717) is 5.92 Å². The Bertz CT molecular complexity index is 524. The molecule has 0 spiro atoms. The number of furan rings is 1. The summed E-state index contributed by atoms with van der Waals surface area (Å²) in [6.07, 6.45) is 2.85. The van der Waals surface area contributed by atoms with Crippen LogP contribution in [0.3, 0.4) is 0 Å². The van der Waals surface area contributed by atoms with Crippen LogP contribution in [0.25, 0.3) is 0 Å². The van der Waals surface area contributed by atoms with Crippen molar-refractivity contribution in [3.05, 3.63) is 16.5 Å². The Kier molecular flexibility index (Phi) is 6.71. The summed E-state index contributed by atoms with van der Waals surface area (Å²) in [4.78, 5) is 0.0252. The second-order valence-corrected chi connectivity index (χ2v) is 7.76. The molecular weight excluding hydrogens is 346 g/mol. The average Bonchev–Trinajstić information content (AvgIpc) is 2.70. The van der Waals surface area contributed by atoms with E-state index in [1.165, 1.54) is 6.07 Å². The summed E-state index contributed by atoms with van der Waals surface area (Å²) in [5.74, 6) is 0.832. The number of aliphatic hydroxyl groups is 1. The van der Waals surface area contributed by atoms with Gasteiger partial charge in [-0.3, -0.25) is 0 Å². The lowest BCUT2D eigenvalue weighted by atomic mass is 10.0. The zero-order valence-electron chi connectivity index (χ0n) is 12.0. The standard InChI is InChI=1S/C13H22BrNO4S/c1-9(2)5-4-6-10(3)15-20(17,18)12-7-11(8-16)19-13(12)14/h7,9-10,15-16H,4-6,8H2,1-3H3. The summed E-state index contributed by atoms with van der Waals surface area (Å²) in [6.45, 7) is 5.80. The molecule has 0 aliphatic heterocycles. The molecule has 116 valence electrons. The van der Waals surface area contributed by atoms with Crippen LogP contribution in [0.5, 0.6) is 0 Å². The van der Waals surface area contributed by atoms with Crippen LogP contribution in [0, 0.1) is 5.92 Å². The van der Waals surface area contributed by atoms with Gasteiger partial charge in [-0.15, -0.1) is 0 Å². The largest absolute Gasteiger partial charge is 0.450 e. The maximum atomic E-state index is 12.2. The lowest BCUT2D eigenvalue weighted by Crippen LogP contribution is -2.32. The van der Waals surface area contributed by atoms with Gasteiger partial charge in [0.15, 0.2) is 4.67 Å². The van der Waals surface area contributed by atoms with Crippen molar-refractivity contribution in [1.29, 1.82) is 0 Å². The highest BCUT2D eigenvalue weighted by molar-refractivity contribution is 9.10. The summed E-state index contributed by atoms with van der Waals surface area (Å²) in [6, 6.07) is 1.19. The number of nitrogens with one attached hydrogen (secondary N) is 1. The second kappa shape index (κ2) is 7.59. The Hall–Kier alpha value is -0.370. The van der Waals surface area contributed by atoms with Gasteiger partial charge >= 0.3 is 0 Å². The van der Waals surface area contributed by atoms with Crippen LogP contribution in [-0.4, -0.2) is 19.6 Å². The number of hydrogen-bond donors (Lipinski definition) is 2. The predicted octanol–water partition coefficient (Wildman–Crippen LogP) is 3.03. The Morgan fingerprint density at radius 2 is 2.00 bits per heavy atom. The maximum absolute atomic E-state index is 12.2. The zero-order chi connectivity index (χ0) is 15.3. The highest BCUT2D eigenvalue weighted by atomic mass is 79.9. The molecule has 1 aromatic heterocycles. The van der Waals surface area contributed by atoms with E-state index in [9.17, 15) is 8.42 Å². The van der Waals surface area contributed by atoms with Crippen molar-refractivity contribution >= 4 is 26.0 Å². The van der Waals surface area contributed by atoms with Crippen molar-refractivity contribution in [2.24, 2.45) is 5.92 Å². The highest BCUT2D eigenvalue weighted by Gasteiger charge is 2.24. The monoisotopic (exact) mass is 367 g/mol. The van der Waals surface area contributed by atoms with Gasteiger partial charge in [-0.1, -0.05) is 26.7 Å². The number of hydrogen-bond acceptors (Lipinski definition) is 4. The lowest BCUT2D eigenvalue weighted by Gasteiger charge is -2.14. The zero-order valence-corrected chi connectivity index (χ0v) is 14.4. The second-order valence-electron chi connectivity index (χ2n) is 5.36. The van der Waals surface area contributed by atoms with E-state index >= 15 is 0 Å². The predicted molar refractivity (Wildman–Crippen MR) is 80.8 cm³/mol. The minimum absolute atomic E-state index is 0.0252. The Labute approximate surface area is 128 Å². The normalized spacial score (nSPS) is 13.9. The summed E-state index contributed by atoms with van der Waals surface area (Å²) in [5.41, 5.74) is 0. The molecule has 0 radical (unpaired) electrons. The van der Waals surface area contributed by atoms with Crippen molar-refractivity contribution in [2.45, 2.75) is 57.6 Å². The van der Waals surface area contributed by atoms with E-state index in [1.807, 2.05) is 6.92 Å². The third kappa shape index (κ3) is 5.20. The van der Waals surface area contributed by atoms with Crippen LogP contribution >= 0.6 is 15.9 Å². The number of rotatable bonds is 8. The van der Waals surface area contributed by atoms with Gasteiger partial charge in [0.25, 0.3) is 0 Å². The molecule has 0 amide bonds. The van der Waals surface area contributed by atoms with Crippen LogP contribution in [0.2, 0.25) is 0 Å². The van der Waals surface area contributed by atoms with Crippen molar-refractivity contribution in [3.63, 3.8) is 0 Å². The van der Waals surface area contributed by atoms with Gasteiger partial charge in [-0.25, -0.2) is 13.1 Å². The third-order valence-corrected chi connectivity index (χ3v) is 5.37. The molecule has 1 heterocycles. The SMILES string of the molecule is CC(C)CCCC(C)NS(=O)(=O)c1cc(CO)oc1Br. The highest BCUT2D eigenvalue weighted by Crippen LogP contribution is 2.26. The molecule has 0 saturated heterocycles. The van der Waals surface area contributed by atoms with E-state index in [0.717, 1.165) is 19.3 Å². The van der Waals surface area contributed by atoms with Crippen LogP contribution in [0.15, 0.2) is 20.0 Å². The summed E-state index contributed by atoms with van der Waals surface area (Å²) in [7, 11) is -3.63. The van der Waals surface area contributed by atoms with Gasteiger partial charge in [0.05, 0.1) is 0 Å². The van der Waals surface area contributed by atoms with Crippen molar-refractivity contribution in [1.82, 2.24) is 4.72 Å². The first-order chi connectivity index (χ1) is 9.26. The lowest BCUT2D eigenvalue weighted by molar-refractivity contribution is 0.245. The molecule has 0 aromatic carbocycles. The van der Waals surface area contributed by atoms with Gasteiger partial charge in [0, 0.05) is 12.1 Å². The summed E-state index contributed by atoms with van der Waals surface area (Å²) in [5, 5.41) is 8.96. The van der Waals surface area contributed by atoms with E-state index in [1.54, 1.807) is 0 Å². The van der Waals surface area contributed by atoms with E-state index in [2.05, 4.69) is 34.5 Å². The summed E-state index contributed by atoms with van der Waals surface area (Å²) >= 11 is 3.06. The fraction of sp³-hybridized carbons (Fsp3) is 0.692. The molecule has 0 fully saturated rings. The molecule has 1 rings (SSSR count). The molecule has 1 unspecified atom stereocenters. The molecule has 2 N–H and O–H groups in total. The molecule has 1 aromatic rings. The summed E-state index contributed by atoms with van der Waals surface area (Å²) < 4.78 is 32.2. The fourth-order valence-corrected chi connectivity index (χ4v) is 4.15. The first-order valence-electron chi connectivity index (χ1n) is 6.67. The topological polar surface area (TPSA) is 79.5 Å². The first kappa shape index (κ1) is 17.7. The molecule has 5 nitrogen and oxygen atoms in total. The van der Waals surface area contributed by atoms with Crippen LogP contribution in [0.1, 0.15) is 45.8 Å². The Morgan fingerprint density at radius 1 is 1.35 bits per heavy atom. The molecular formula is C13H22BrNO4S. The molecule has 0 aliphatic rings. The van der Waals surface area contributed by atoms with E-state index in [-0.39, 0.29) is 28.0 Å². The average molecular weight is 368 g/mol. The van der Waals surface area contributed by atoms with Gasteiger partial charge in [0.1, 0.15) is 17.3 Å². The number of halogens is 1. The Morgan fingerprint density at radius 3 is 2.50 bits per heavy atom. The molecule has 0 saturated carbocycles. The van der Waals surface area contributed by atoms with Gasteiger partial charge in [-0.05, 0) is 35.2 Å². The van der Waals surface area contributed by atoms with Gasteiger partial charge in [0.2, 0.25) is 10.0 Å². The minimum atomic E-state index is -3.63. The molecule has 1 atom stereocenters. The van der Waals surface area contributed by atoms with Gasteiger partial charge in [-0.2, -0.15) is 0 Å². The maximum Gasteiger partial charge on any atom is 0.245 e.